The van der Waals surface area contributed by atoms with Gasteiger partial charge in [0.15, 0.2) is 0 Å². The molecule has 4 aromatic carbocycles. The number of nitrogens with one attached hydrogen (secondary N) is 4. The average Bonchev–Trinajstić information content (AvgIpc) is 3.98. The smallest absolute Gasteiger partial charge is 0.135 e. The molecule has 16 rings (SSSR count). The Bertz CT molecular complexity index is 3340. The van der Waals surface area contributed by atoms with Gasteiger partial charge in [-0.15, -0.1) is 0 Å². The predicted molar refractivity (Wildman–Crippen MR) is 261 cm³/mol. The van der Waals surface area contributed by atoms with Crippen molar-refractivity contribution in [2.75, 3.05) is 0 Å². The number of H-pyrrole nitrogens is 4. The molecule has 8 aliphatic rings. The summed E-state index contributed by atoms with van der Waals surface area (Å²) < 4.78 is 55.3. The van der Waals surface area contributed by atoms with E-state index in [2.05, 4.69) is 81.0 Å². The Morgan fingerprint density at radius 1 is 0.465 bits per heavy atom. The molecule has 0 radical (unpaired) electrons. The Kier molecular flexibility index (Phi) is 10.9. The molecule has 4 N–H and O–H groups in total. The van der Waals surface area contributed by atoms with Crippen LogP contribution in [0.4, 0.5) is 17.6 Å². The molecule has 71 heavy (non-hydrogen) atoms. The van der Waals surface area contributed by atoms with E-state index in [4.69, 9.17) is 5.26 Å². The van der Waals surface area contributed by atoms with Gasteiger partial charge >= 0.3 is 0 Å². The van der Waals surface area contributed by atoms with E-state index >= 15 is 0 Å². The minimum absolute atomic E-state index is 0. The van der Waals surface area contributed by atoms with Crippen molar-refractivity contribution in [2.24, 2.45) is 27.6 Å². The molecule has 360 valence electrons. The van der Waals surface area contributed by atoms with Crippen molar-refractivity contribution in [3.05, 3.63) is 118 Å². The number of aromatic amines is 4. The van der Waals surface area contributed by atoms with Crippen LogP contribution < -0.4 is 0 Å². The fraction of sp³-hybridized carbons (Fsp3) is 0.407. The van der Waals surface area contributed by atoms with Gasteiger partial charge in [-0.2, -0.15) is 41.4 Å². The number of aromatic nitrogens is 8. The van der Waals surface area contributed by atoms with Gasteiger partial charge in [-0.3, -0.25) is 20.4 Å². The van der Waals surface area contributed by atoms with Crippen LogP contribution in [0, 0.1) is 96.2 Å². The van der Waals surface area contributed by atoms with E-state index in [-0.39, 0.29) is 54.4 Å². The molecule has 12 nitrogen and oxygen atoms in total. The second-order valence-electron chi connectivity index (χ2n) is 20.8. The highest BCUT2D eigenvalue weighted by Crippen LogP contribution is 2.80. The van der Waals surface area contributed by atoms with E-state index in [1.807, 2.05) is 18.2 Å². The fourth-order valence-corrected chi connectivity index (χ4v) is 12.0. The molecular weight excluding hydrogens is 973 g/mol. The average molecular weight is 1020 g/mol. The van der Waals surface area contributed by atoms with Crippen molar-refractivity contribution in [3.8, 4) is 24.3 Å². The normalized spacial score (nSPS) is 25.9. The molecule has 17 heteroatoms. The van der Waals surface area contributed by atoms with Gasteiger partial charge < -0.3 is 0 Å². The third-order valence-electron chi connectivity index (χ3n) is 17.0. The number of nitriles is 4. The Morgan fingerprint density at radius 2 is 0.775 bits per heavy atom. The zero-order chi connectivity index (χ0) is 47.8. The van der Waals surface area contributed by atoms with Gasteiger partial charge in [0.1, 0.15) is 23.3 Å². The van der Waals surface area contributed by atoms with Crippen molar-refractivity contribution in [2.45, 2.75) is 108 Å². The monoisotopic (exact) mass is 1020 g/mol. The van der Waals surface area contributed by atoms with Gasteiger partial charge in [-0.25, -0.2) is 17.6 Å². The summed E-state index contributed by atoms with van der Waals surface area (Å²) in [6, 6.07) is 22.9. The highest BCUT2D eigenvalue weighted by molar-refractivity contribution is 9.10. The summed E-state index contributed by atoms with van der Waals surface area (Å²) >= 11 is 3.18. The van der Waals surface area contributed by atoms with Gasteiger partial charge in [0.25, 0.3) is 0 Å². The minimum atomic E-state index is -0.437. The molecule has 0 aliphatic heterocycles. The summed E-state index contributed by atoms with van der Waals surface area (Å²) in [5, 5.41) is 64.8. The maximum atomic E-state index is 13.9. The first-order chi connectivity index (χ1) is 33.3. The Morgan fingerprint density at radius 3 is 1.01 bits per heavy atom. The molecule has 8 fully saturated rings. The van der Waals surface area contributed by atoms with E-state index in [0.717, 1.165) is 74.5 Å². The highest BCUT2D eigenvalue weighted by atomic mass is 79.9. The van der Waals surface area contributed by atoms with Gasteiger partial charge in [-0.1, -0.05) is 30.8 Å². The zero-order valence-corrected chi connectivity index (χ0v) is 38.5. The second-order valence-corrected chi connectivity index (χ2v) is 21.7. The van der Waals surface area contributed by atoms with Crippen molar-refractivity contribution < 1.29 is 17.6 Å². The van der Waals surface area contributed by atoms with Crippen molar-refractivity contribution >= 4 is 59.5 Å². The van der Waals surface area contributed by atoms with Crippen LogP contribution in [-0.2, 0) is 16.2 Å². The van der Waals surface area contributed by atoms with Crippen molar-refractivity contribution in [3.63, 3.8) is 0 Å². The second kappa shape index (κ2) is 16.2. The van der Waals surface area contributed by atoms with Crippen LogP contribution >= 0.6 is 15.9 Å². The lowest BCUT2D eigenvalue weighted by atomic mass is 9.93. The molecule has 0 saturated heterocycles. The third kappa shape index (κ3) is 7.38. The largest absolute Gasteiger partial charge is 0.278 e. The maximum absolute atomic E-state index is 13.9. The number of benzene rings is 4. The fourth-order valence-electron chi connectivity index (χ4n) is 11.5. The van der Waals surface area contributed by atoms with Crippen LogP contribution in [0.1, 0.15) is 109 Å². The SMILES string of the molecule is C.C.Fc1cc(Br)cc2[nH]ncc12.N#CC1(c2cc(F)c3cn[nH]c3c2)CC12CC2.N#CC1(c2cc(F)c3cn[nH]c3c2)CC12CC2.N#CC1(c2cc(F)c3cn[nH]c3c2)CC12CC2.N#CC1CC12CC2. The molecule has 0 bridgehead atoms. The summed E-state index contributed by atoms with van der Waals surface area (Å²) in [6.07, 6.45) is 19.1. The van der Waals surface area contributed by atoms with Crippen molar-refractivity contribution in [1.29, 1.82) is 21.0 Å². The molecule has 8 aromatic rings. The lowest BCUT2D eigenvalue weighted by Gasteiger charge is -2.08. The van der Waals surface area contributed by atoms with Gasteiger partial charge in [0, 0.05) is 4.47 Å². The number of fused-ring (bicyclic) bond motifs is 4. The summed E-state index contributed by atoms with van der Waals surface area (Å²) in [5.41, 5.74) is 4.97. The minimum Gasteiger partial charge on any atom is -0.278 e. The molecule has 4 heterocycles. The summed E-state index contributed by atoms with van der Waals surface area (Å²) in [5.74, 6) is -0.661. The quantitative estimate of drug-likeness (QED) is 0.125. The Labute approximate surface area is 414 Å². The number of hydrogen-bond acceptors (Lipinski definition) is 8. The van der Waals surface area contributed by atoms with Crippen molar-refractivity contribution in [1.82, 2.24) is 40.8 Å². The number of nitrogens with zero attached hydrogens (tertiary/aromatic N) is 8. The molecular formula is C54H49BrF4N12. The number of halogens is 5. The van der Waals surface area contributed by atoms with Crippen LogP contribution in [-0.4, -0.2) is 40.8 Å². The van der Waals surface area contributed by atoms with E-state index in [1.54, 1.807) is 6.07 Å². The van der Waals surface area contributed by atoms with E-state index in [9.17, 15) is 33.3 Å². The first-order valence-corrected chi connectivity index (χ1v) is 23.9. The van der Waals surface area contributed by atoms with Crippen LogP contribution in [0.2, 0.25) is 0 Å². The van der Waals surface area contributed by atoms with E-state index in [1.165, 1.54) is 68.3 Å². The van der Waals surface area contributed by atoms with Gasteiger partial charge in [0.05, 0.1) is 115 Å². The molecule has 4 spiro atoms. The van der Waals surface area contributed by atoms with Gasteiger partial charge in [-0.05, 0) is 164 Å². The summed E-state index contributed by atoms with van der Waals surface area (Å²) in [6.45, 7) is 0. The molecule has 8 aliphatic carbocycles. The first-order valence-electron chi connectivity index (χ1n) is 23.1. The summed E-state index contributed by atoms with van der Waals surface area (Å²) in [4.78, 5) is 0. The summed E-state index contributed by atoms with van der Waals surface area (Å²) in [7, 11) is 0. The third-order valence-corrected chi connectivity index (χ3v) is 17.5. The molecule has 8 saturated carbocycles. The van der Waals surface area contributed by atoms with E-state index in [0.29, 0.717) is 59.4 Å². The zero-order valence-electron chi connectivity index (χ0n) is 37.0. The Hall–Kier alpha value is -7.08. The van der Waals surface area contributed by atoms with Gasteiger partial charge in [0.2, 0.25) is 0 Å². The topological polar surface area (TPSA) is 210 Å². The molecule has 4 unspecified atom stereocenters. The standard InChI is InChI=1S/3C13H10FN3.C7H4BrFN2.C6H7N.2CH4/c3*14-10-3-8(4-11-9(10)5-16-17-11)13(7-15)6-12(13)1-2-12;8-4-1-6(9)5-3-10-11-7(5)2-4;7-4-5-3-6(5)1-2-6;;/h3*3-5H,1-2,6H2,(H,16,17);1-3H,(H,10,11);5H,1-3H2;2*1H4. The number of rotatable bonds is 3. The highest BCUT2D eigenvalue weighted by Gasteiger charge is 2.77. The van der Waals surface area contributed by atoms with Crippen LogP contribution in [0.25, 0.3) is 43.6 Å². The van der Waals surface area contributed by atoms with E-state index < -0.39 is 16.2 Å². The Balaban J connectivity index is 0.000000104. The molecule has 0 amide bonds. The molecule has 4 aromatic heterocycles. The molecule has 4 atom stereocenters. The lowest BCUT2D eigenvalue weighted by molar-refractivity contribution is 0.632. The van der Waals surface area contributed by atoms with Crippen LogP contribution in [0.3, 0.4) is 0 Å². The van der Waals surface area contributed by atoms with Crippen LogP contribution in [0.5, 0.6) is 0 Å². The maximum Gasteiger partial charge on any atom is 0.135 e. The van der Waals surface area contributed by atoms with Crippen LogP contribution in [0.15, 0.2) is 77.8 Å². The number of hydrogen-bond donors (Lipinski definition) is 4. The predicted octanol–water partition coefficient (Wildman–Crippen LogP) is 13.0. The lowest BCUT2D eigenvalue weighted by Crippen LogP contribution is -2.08. The first kappa shape index (κ1) is 47.6.